The van der Waals surface area contributed by atoms with Crippen LogP contribution in [0.2, 0.25) is 0 Å². The molecular formula is C80H59N5. The van der Waals surface area contributed by atoms with Gasteiger partial charge in [-0.1, -0.05) is 237 Å². The van der Waals surface area contributed by atoms with Crippen LogP contribution in [0.3, 0.4) is 0 Å². The standard InChI is InChI=1S/C80H59N5/c1-3-58-72-65-37-21-19-35-63(65)64-36-20-22-38-66(64)78(72)82(80(58)74-50(2)59-42-39-52-25-13-16-32-60(52)75(59)83(74)56-28-9-5-10-29-56)48-47-55(51-23-7-4-8-24-51)49-71(81)85-70-46-45-68-67-43-40-53-26-14-17-33-61(53)76(67)84(57-30-11-6-12-31-57)79(68)73(70)69-44-41-54-27-15-18-34-62(54)77(69)85/h4-49,68,71,79H,3,81H2,1-2H3/b48-47+,55-49+. The van der Waals surface area contributed by atoms with Crippen LogP contribution < -0.4 is 10.6 Å². The van der Waals surface area contributed by atoms with E-state index in [9.17, 15) is 0 Å². The number of nitrogens with zero attached hydrogens (tertiary/aromatic N) is 4. The van der Waals surface area contributed by atoms with Gasteiger partial charge in [-0.3, -0.25) is 0 Å². The molecule has 0 spiro atoms. The highest BCUT2D eigenvalue weighted by Crippen LogP contribution is 2.60. The van der Waals surface area contributed by atoms with Gasteiger partial charge < -0.3 is 24.3 Å². The summed E-state index contributed by atoms with van der Waals surface area (Å²) in [5.41, 5.74) is 25.9. The summed E-state index contributed by atoms with van der Waals surface area (Å²) >= 11 is 0. The van der Waals surface area contributed by atoms with Gasteiger partial charge in [0.1, 0.15) is 6.17 Å². The van der Waals surface area contributed by atoms with Crippen LogP contribution in [0, 0.1) is 6.92 Å². The van der Waals surface area contributed by atoms with Gasteiger partial charge in [-0.25, -0.2) is 0 Å². The third-order valence-electron chi connectivity index (χ3n) is 18.7. The normalized spacial score (nSPS) is 15.4. The zero-order valence-corrected chi connectivity index (χ0v) is 47.4. The van der Waals surface area contributed by atoms with Gasteiger partial charge in [-0.15, -0.1) is 0 Å². The molecule has 15 aromatic rings. The fourth-order valence-electron chi connectivity index (χ4n) is 15.2. The molecule has 5 heteroatoms. The van der Waals surface area contributed by atoms with Gasteiger partial charge in [0, 0.05) is 72.5 Å². The van der Waals surface area contributed by atoms with Gasteiger partial charge in [0.15, 0.2) is 0 Å². The van der Waals surface area contributed by atoms with E-state index < -0.39 is 6.17 Å². The molecular weight excluding hydrogens is 1030 g/mol. The summed E-state index contributed by atoms with van der Waals surface area (Å²) in [4.78, 5) is 2.63. The van der Waals surface area contributed by atoms with Crippen molar-refractivity contribution in [3.05, 3.63) is 300 Å². The number of hydrogen-bond acceptors (Lipinski definition) is 2. The zero-order chi connectivity index (χ0) is 56.4. The van der Waals surface area contributed by atoms with Gasteiger partial charge in [0.25, 0.3) is 0 Å². The number of para-hydroxylation sites is 2. The average Bonchev–Trinajstić information content (AvgIpc) is 1.61. The molecule has 3 atom stereocenters. The molecule has 3 unspecified atom stereocenters. The number of aromatic nitrogens is 3. The van der Waals surface area contributed by atoms with Crippen molar-refractivity contribution in [1.82, 2.24) is 13.7 Å². The Morgan fingerprint density at radius 3 is 1.72 bits per heavy atom. The quantitative estimate of drug-likeness (QED) is 0.116. The summed E-state index contributed by atoms with van der Waals surface area (Å²) in [6, 6.07) is 91.3. The summed E-state index contributed by atoms with van der Waals surface area (Å²) in [5, 5.41) is 16.0. The first-order chi connectivity index (χ1) is 42.0. The predicted molar refractivity (Wildman–Crippen MR) is 360 cm³/mol. The van der Waals surface area contributed by atoms with E-state index in [-0.39, 0.29) is 12.0 Å². The van der Waals surface area contributed by atoms with Crippen molar-refractivity contribution in [1.29, 1.82) is 0 Å². The SMILES string of the molecule is CCc1c(-c2c(C)c3ccc4ccccc4c3n2-c2ccccc2)n(/C=C/C(=C\C(N)n2c3c(c4ccc5ccccc5c42)C2C(C=C3)c3ccc4ccccc4c3N2c2ccccc2)c2ccccc2)c2c3ccccc3c3ccccc3c12. The maximum absolute atomic E-state index is 8.03. The molecule has 2 aliphatic rings. The van der Waals surface area contributed by atoms with Crippen molar-refractivity contribution >= 4 is 116 Å². The Kier molecular flexibility index (Phi) is 11.2. The number of hydrogen-bond donors (Lipinski definition) is 1. The minimum absolute atomic E-state index is 0.0233. The Hall–Kier alpha value is -10.5. The molecule has 1 aliphatic carbocycles. The topological polar surface area (TPSA) is 44.0 Å². The van der Waals surface area contributed by atoms with E-state index in [4.69, 9.17) is 5.73 Å². The molecule has 3 aromatic heterocycles. The lowest BCUT2D eigenvalue weighted by atomic mass is 9.84. The van der Waals surface area contributed by atoms with Crippen molar-refractivity contribution in [2.24, 2.45) is 5.73 Å². The molecule has 0 radical (unpaired) electrons. The van der Waals surface area contributed by atoms with Crippen LogP contribution in [-0.4, -0.2) is 13.7 Å². The van der Waals surface area contributed by atoms with Crippen molar-refractivity contribution < 1.29 is 0 Å². The van der Waals surface area contributed by atoms with E-state index in [0.29, 0.717) is 0 Å². The molecule has 1 aliphatic heterocycles. The number of allylic oxidation sites excluding steroid dienone is 2. The van der Waals surface area contributed by atoms with Crippen LogP contribution >= 0.6 is 0 Å². The highest BCUT2D eigenvalue weighted by molar-refractivity contribution is 6.27. The van der Waals surface area contributed by atoms with E-state index in [2.05, 4.69) is 312 Å². The second-order valence-electron chi connectivity index (χ2n) is 23.1. The molecule has 0 fully saturated rings. The van der Waals surface area contributed by atoms with Crippen LogP contribution in [0.25, 0.3) is 121 Å². The van der Waals surface area contributed by atoms with Crippen LogP contribution in [0.1, 0.15) is 58.6 Å². The van der Waals surface area contributed by atoms with Gasteiger partial charge >= 0.3 is 0 Å². The minimum Gasteiger partial charge on any atom is -0.332 e. The van der Waals surface area contributed by atoms with Gasteiger partial charge in [0.2, 0.25) is 0 Å². The lowest BCUT2D eigenvalue weighted by Gasteiger charge is -2.33. The van der Waals surface area contributed by atoms with Gasteiger partial charge in [-0.2, -0.15) is 0 Å². The van der Waals surface area contributed by atoms with Crippen LogP contribution in [-0.2, 0) is 6.42 Å². The molecule has 4 heterocycles. The largest absolute Gasteiger partial charge is 0.332 e. The summed E-state index contributed by atoms with van der Waals surface area (Å²) in [7, 11) is 0. The van der Waals surface area contributed by atoms with Crippen molar-refractivity contribution in [2.45, 2.75) is 38.4 Å². The van der Waals surface area contributed by atoms with Crippen molar-refractivity contribution in [3.63, 3.8) is 0 Å². The van der Waals surface area contributed by atoms with E-state index >= 15 is 0 Å². The maximum atomic E-state index is 8.03. The number of aryl methyl sites for hydroxylation is 2. The van der Waals surface area contributed by atoms with E-state index in [1.807, 2.05) is 0 Å². The Balaban J connectivity index is 0.933. The third kappa shape index (κ3) is 7.27. The number of fused-ring (bicyclic) bond motifs is 20. The molecule has 12 aromatic carbocycles. The second kappa shape index (κ2) is 19.3. The molecule has 5 nitrogen and oxygen atoms in total. The van der Waals surface area contributed by atoms with Gasteiger partial charge in [0.05, 0.1) is 39.7 Å². The van der Waals surface area contributed by atoms with Crippen molar-refractivity contribution in [2.75, 3.05) is 4.90 Å². The summed E-state index contributed by atoms with van der Waals surface area (Å²) in [6.07, 6.45) is 12.1. The monoisotopic (exact) mass is 1090 g/mol. The molecule has 2 N–H and O–H groups in total. The smallest absolute Gasteiger partial charge is 0.102 e. The second-order valence-corrected chi connectivity index (χ2v) is 23.1. The zero-order valence-electron chi connectivity index (χ0n) is 47.4. The minimum atomic E-state index is -0.583. The summed E-state index contributed by atoms with van der Waals surface area (Å²) in [6.45, 7) is 4.66. The summed E-state index contributed by atoms with van der Waals surface area (Å²) < 4.78 is 7.53. The van der Waals surface area contributed by atoms with Crippen molar-refractivity contribution in [3.8, 4) is 17.1 Å². The maximum Gasteiger partial charge on any atom is 0.102 e. The molecule has 0 bridgehead atoms. The molecule has 0 saturated carbocycles. The Morgan fingerprint density at radius 2 is 1.04 bits per heavy atom. The number of anilines is 2. The van der Waals surface area contributed by atoms with Gasteiger partial charge in [-0.05, 0) is 116 Å². The first kappa shape index (κ1) is 49.2. The molecule has 0 saturated heterocycles. The fraction of sp³-hybridized carbons (Fsp3) is 0.0750. The number of nitrogens with two attached hydrogens (primary N) is 1. The third-order valence-corrected chi connectivity index (χ3v) is 18.7. The number of rotatable bonds is 9. The molecule has 404 valence electrons. The summed E-state index contributed by atoms with van der Waals surface area (Å²) in [5.74, 6) is 0.113. The predicted octanol–water partition coefficient (Wildman–Crippen LogP) is 20.6. The highest BCUT2D eigenvalue weighted by Gasteiger charge is 2.45. The molecule has 85 heavy (non-hydrogen) atoms. The Labute approximate surface area is 493 Å². The average molecular weight is 1090 g/mol. The van der Waals surface area contributed by atoms with Crippen LogP contribution in [0.5, 0.6) is 0 Å². The molecule has 0 amide bonds. The first-order valence-electron chi connectivity index (χ1n) is 29.9. The Morgan fingerprint density at radius 1 is 0.494 bits per heavy atom. The van der Waals surface area contributed by atoms with E-state index in [1.54, 1.807) is 0 Å². The first-order valence-corrected chi connectivity index (χ1v) is 29.9. The van der Waals surface area contributed by atoms with Crippen LogP contribution in [0.15, 0.2) is 267 Å². The Bertz CT molecular complexity index is 5320. The lowest BCUT2D eigenvalue weighted by molar-refractivity contribution is 0.624. The van der Waals surface area contributed by atoms with Crippen LogP contribution in [0.4, 0.5) is 11.4 Å². The highest BCUT2D eigenvalue weighted by atomic mass is 15.2. The number of benzene rings is 12. The van der Waals surface area contributed by atoms with E-state index in [0.717, 1.165) is 34.5 Å². The lowest BCUT2D eigenvalue weighted by Crippen LogP contribution is -2.25. The molecule has 17 rings (SSSR count). The van der Waals surface area contributed by atoms with E-state index in [1.165, 1.54) is 126 Å². The fourth-order valence-corrected chi connectivity index (χ4v) is 15.2.